The minimum absolute atomic E-state index is 0.0837. The van der Waals surface area contributed by atoms with Gasteiger partial charge in [0.2, 0.25) is 5.91 Å². The number of rotatable bonds is 8. The number of hydrogen-bond acceptors (Lipinski definition) is 4. The minimum atomic E-state index is -0.321. The molecule has 0 unspecified atom stereocenters. The summed E-state index contributed by atoms with van der Waals surface area (Å²) in [5.41, 5.74) is 2.81. The Morgan fingerprint density at radius 2 is 2.03 bits per heavy atom. The van der Waals surface area contributed by atoms with Gasteiger partial charge < -0.3 is 20.1 Å². The summed E-state index contributed by atoms with van der Waals surface area (Å²) < 4.78 is 19.6. The van der Waals surface area contributed by atoms with Gasteiger partial charge in [-0.2, -0.15) is 0 Å². The van der Waals surface area contributed by atoms with Crippen molar-refractivity contribution in [1.29, 1.82) is 0 Å². The molecule has 5 nitrogen and oxygen atoms in total. The third-order valence-electron chi connectivity index (χ3n) is 5.45. The van der Waals surface area contributed by atoms with Crippen LogP contribution >= 0.6 is 0 Å². The summed E-state index contributed by atoms with van der Waals surface area (Å²) in [6.45, 7) is 5.78. The molecule has 1 aliphatic heterocycles. The number of anilines is 1. The van der Waals surface area contributed by atoms with E-state index in [1.807, 2.05) is 38.1 Å². The molecule has 1 amide bonds. The van der Waals surface area contributed by atoms with Crippen LogP contribution in [0.4, 0.5) is 10.1 Å². The third-order valence-corrected chi connectivity index (χ3v) is 5.45. The molecule has 2 N–H and O–H groups in total. The van der Waals surface area contributed by atoms with Gasteiger partial charge in [-0.1, -0.05) is 12.1 Å². The zero-order chi connectivity index (χ0) is 21.5. The highest BCUT2D eigenvalue weighted by molar-refractivity contribution is 5.76. The fourth-order valence-electron chi connectivity index (χ4n) is 3.79. The normalized spacial score (nSPS) is 15.7. The Morgan fingerprint density at radius 1 is 1.27 bits per heavy atom. The predicted octanol–water partition coefficient (Wildman–Crippen LogP) is 4.13. The number of amides is 1. The lowest BCUT2D eigenvalue weighted by molar-refractivity contribution is -0.121. The largest absolute Gasteiger partial charge is 0.494 e. The Morgan fingerprint density at radius 3 is 2.77 bits per heavy atom. The maximum Gasteiger partial charge on any atom is 0.220 e. The van der Waals surface area contributed by atoms with E-state index in [2.05, 4.69) is 10.2 Å². The second kappa shape index (κ2) is 10.4. The molecule has 1 aliphatic rings. The number of nitrogens with one attached hydrogen (secondary N) is 1. The number of piperidine rings is 1. The average molecular weight is 415 g/mol. The number of hydrogen-bond donors (Lipinski definition) is 2. The highest BCUT2D eigenvalue weighted by Crippen LogP contribution is 2.29. The van der Waals surface area contributed by atoms with E-state index in [0.29, 0.717) is 32.3 Å². The van der Waals surface area contributed by atoms with Crippen LogP contribution in [-0.4, -0.2) is 36.8 Å². The predicted molar refractivity (Wildman–Crippen MR) is 116 cm³/mol. The summed E-state index contributed by atoms with van der Waals surface area (Å²) in [5.74, 6) is 0.401. The first-order chi connectivity index (χ1) is 14.4. The van der Waals surface area contributed by atoms with Gasteiger partial charge in [0.1, 0.15) is 11.6 Å². The van der Waals surface area contributed by atoms with Crippen molar-refractivity contribution in [3.63, 3.8) is 0 Å². The standard InChI is InChI=1S/C24H31FN2O3/c1-17-5-3-6-21(15-17)30-14-4-7-24(29)26-18(2)22-16-19(25)8-9-23(22)27-12-10-20(28)11-13-27/h3,5-6,8-9,15-16,18,20,28H,4,7,10-14H2,1-2H3,(H,26,29)/t18-/m1/s1. The Hall–Kier alpha value is -2.60. The van der Waals surface area contributed by atoms with Gasteiger partial charge in [0.15, 0.2) is 0 Å². The van der Waals surface area contributed by atoms with E-state index in [1.165, 1.54) is 12.1 Å². The molecule has 0 aromatic heterocycles. The molecular formula is C24H31FN2O3. The summed E-state index contributed by atoms with van der Waals surface area (Å²) in [5, 5.41) is 12.7. The van der Waals surface area contributed by atoms with Gasteiger partial charge in [-0.15, -0.1) is 0 Å². The molecule has 0 saturated carbocycles. The van der Waals surface area contributed by atoms with Crippen LogP contribution in [0.5, 0.6) is 5.75 Å². The van der Waals surface area contributed by atoms with E-state index in [0.717, 1.165) is 35.7 Å². The average Bonchev–Trinajstić information content (AvgIpc) is 2.72. The number of halogens is 1. The monoisotopic (exact) mass is 414 g/mol. The maximum atomic E-state index is 13.9. The molecule has 0 bridgehead atoms. The Bertz CT molecular complexity index is 850. The minimum Gasteiger partial charge on any atom is -0.494 e. The van der Waals surface area contributed by atoms with Crippen LogP contribution in [0.1, 0.15) is 49.8 Å². The topological polar surface area (TPSA) is 61.8 Å². The summed E-state index contributed by atoms with van der Waals surface area (Å²) >= 11 is 0. The maximum absolute atomic E-state index is 13.9. The Kier molecular flexibility index (Phi) is 7.69. The van der Waals surface area contributed by atoms with Crippen molar-refractivity contribution >= 4 is 11.6 Å². The summed E-state index contributed by atoms with van der Waals surface area (Å²) in [6.07, 6.45) is 2.06. The fraction of sp³-hybridized carbons (Fsp3) is 0.458. The first-order valence-corrected chi connectivity index (χ1v) is 10.6. The van der Waals surface area contributed by atoms with Crippen LogP contribution in [0, 0.1) is 12.7 Å². The van der Waals surface area contributed by atoms with Crippen LogP contribution < -0.4 is 15.0 Å². The van der Waals surface area contributed by atoms with Crippen molar-refractivity contribution in [2.45, 2.75) is 51.7 Å². The smallest absolute Gasteiger partial charge is 0.220 e. The lowest BCUT2D eigenvalue weighted by atomic mass is 10.0. The van der Waals surface area contributed by atoms with Gasteiger partial charge in [-0.25, -0.2) is 4.39 Å². The zero-order valence-corrected chi connectivity index (χ0v) is 17.7. The van der Waals surface area contributed by atoms with Crippen molar-refractivity contribution in [2.75, 3.05) is 24.6 Å². The summed E-state index contributed by atoms with van der Waals surface area (Å²) in [4.78, 5) is 14.6. The molecule has 0 spiro atoms. The molecule has 162 valence electrons. The molecule has 2 aromatic rings. The molecule has 30 heavy (non-hydrogen) atoms. The molecule has 1 fully saturated rings. The lowest BCUT2D eigenvalue weighted by Gasteiger charge is -2.34. The van der Waals surface area contributed by atoms with Crippen LogP contribution in [0.25, 0.3) is 0 Å². The lowest BCUT2D eigenvalue weighted by Crippen LogP contribution is -2.37. The van der Waals surface area contributed by atoms with Crippen molar-refractivity contribution < 1.29 is 19.0 Å². The first kappa shape index (κ1) is 22.1. The number of nitrogens with zero attached hydrogens (tertiary/aromatic N) is 1. The van der Waals surface area contributed by atoms with Crippen LogP contribution in [0.15, 0.2) is 42.5 Å². The van der Waals surface area contributed by atoms with Crippen molar-refractivity contribution in [1.82, 2.24) is 5.32 Å². The van der Waals surface area contributed by atoms with Gasteiger partial charge in [0, 0.05) is 30.8 Å². The highest BCUT2D eigenvalue weighted by atomic mass is 19.1. The van der Waals surface area contributed by atoms with E-state index in [-0.39, 0.29) is 23.9 Å². The number of aliphatic hydroxyl groups excluding tert-OH is 1. The van der Waals surface area contributed by atoms with E-state index in [1.54, 1.807) is 6.07 Å². The van der Waals surface area contributed by atoms with E-state index in [4.69, 9.17) is 4.74 Å². The first-order valence-electron chi connectivity index (χ1n) is 10.6. The fourth-order valence-corrected chi connectivity index (χ4v) is 3.79. The van der Waals surface area contributed by atoms with E-state index >= 15 is 0 Å². The Labute approximate surface area is 177 Å². The number of aryl methyl sites for hydroxylation is 1. The third kappa shape index (κ3) is 6.20. The number of aliphatic hydroxyl groups is 1. The van der Waals surface area contributed by atoms with Crippen LogP contribution in [0.2, 0.25) is 0 Å². The number of benzene rings is 2. The highest BCUT2D eigenvalue weighted by Gasteiger charge is 2.22. The molecule has 2 aromatic carbocycles. The van der Waals surface area contributed by atoms with Gasteiger partial charge in [0.25, 0.3) is 0 Å². The molecule has 6 heteroatoms. The second-order valence-corrected chi connectivity index (χ2v) is 7.98. The molecule has 0 aliphatic carbocycles. The van der Waals surface area contributed by atoms with Crippen molar-refractivity contribution in [3.05, 3.63) is 59.4 Å². The molecule has 0 radical (unpaired) electrons. The zero-order valence-electron chi connectivity index (χ0n) is 17.7. The van der Waals surface area contributed by atoms with Crippen molar-refractivity contribution in [2.24, 2.45) is 0 Å². The van der Waals surface area contributed by atoms with Crippen LogP contribution in [-0.2, 0) is 4.79 Å². The van der Waals surface area contributed by atoms with Gasteiger partial charge in [0.05, 0.1) is 18.8 Å². The number of carbonyl (C=O) groups excluding carboxylic acids is 1. The Balaban J connectivity index is 1.52. The number of ether oxygens (including phenoxy) is 1. The SMILES string of the molecule is Cc1cccc(OCCCC(=O)N[C@H](C)c2cc(F)ccc2N2CCC(O)CC2)c1. The van der Waals surface area contributed by atoms with Gasteiger partial charge in [-0.3, -0.25) is 4.79 Å². The molecular weight excluding hydrogens is 383 g/mol. The van der Waals surface area contributed by atoms with E-state index < -0.39 is 0 Å². The van der Waals surface area contributed by atoms with E-state index in [9.17, 15) is 14.3 Å². The summed E-state index contributed by atoms with van der Waals surface area (Å²) in [7, 11) is 0. The molecule has 1 saturated heterocycles. The van der Waals surface area contributed by atoms with Crippen LogP contribution in [0.3, 0.4) is 0 Å². The summed E-state index contributed by atoms with van der Waals surface area (Å²) in [6, 6.07) is 12.2. The molecule has 3 rings (SSSR count). The van der Waals surface area contributed by atoms with Gasteiger partial charge >= 0.3 is 0 Å². The molecule has 1 atom stereocenters. The second-order valence-electron chi connectivity index (χ2n) is 7.98. The quantitative estimate of drug-likeness (QED) is 0.638. The number of carbonyl (C=O) groups is 1. The molecule has 1 heterocycles. The van der Waals surface area contributed by atoms with Crippen molar-refractivity contribution in [3.8, 4) is 5.75 Å². The van der Waals surface area contributed by atoms with Gasteiger partial charge in [-0.05, 0) is 69.0 Å².